The third kappa shape index (κ3) is 3.13. The summed E-state index contributed by atoms with van der Waals surface area (Å²) in [4.78, 5) is 9.70. The van der Waals surface area contributed by atoms with Crippen LogP contribution in [0.5, 0.6) is 0 Å². The second-order valence-electron chi connectivity index (χ2n) is 3.80. The highest BCUT2D eigenvalue weighted by molar-refractivity contribution is 7.89. The number of nitro benzene ring substituents is 1. The van der Waals surface area contributed by atoms with E-state index in [0.717, 1.165) is 18.2 Å². The molecule has 2 aromatic rings. The molecule has 8 nitrogen and oxygen atoms in total. The van der Waals surface area contributed by atoms with Crippen LogP contribution in [0, 0.1) is 10.1 Å². The van der Waals surface area contributed by atoms with Crippen molar-refractivity contribution in [3.63, 3.8) is 0 Å². The van der Waals surface area contributed by atoms with Gasteiger partial charge in [0.2, 0.25) is 10.0 Å². The van der Waals surface area contributed by atoms with Crippen molar-refractivity contribution in [2.45, 2.75) is 11.4 Å². The van der Waals surface area contributed by atoms with Gasteiger partial charge in [0.05, 0.1) is 16.1 Å². The first-order valence-electron chi connectivity index (χ1n) is 5.31. The number of halogens is 1. The molecule has 0 spiro atoms. The van der Waals surface area contributed by atoms with Gasteiger partial charge in [0.1, 0.15) is 4.90 Å². The first-order valence-corrected chi connectivity index (χ1v) is 7.17. The summed E-state index contributed by atoms with van der Waals surface area (Å²) in [6, 6.07) is 3.17. The molecule has 0 saturated heterocycles. The van der Waals surface area contributed by atoms with E-state index in [1.807, 2.05) is 0 Å². The SMILES string of the molecule is O=[N+]([O-])c1ccc(S(=O)(=O)NCc2cn[nH]c2)c(Cl)c1. The van der Waals surface area contributed by atoms with Gasteiger partial charge in [-0.05, 0) is 6.07 Å². The lowest BCUT2D eigenvalue weighted by atomic mass is 10.3. The molecule has 2 rings (SSSR count). The highest BCUT2D eigenvalue weighted by Crippen LogP contribution is 2.26. The molecular weight excluding hydrogens is 308 g/mol. The maximum Gasteiger partial charge on any atom is 0.271 e. The van der Waals surface area contributed by atoms with Crippen LogP contribution in [-0.2, 0) is 16.6 Å². The summed E-state index contributed by atoms with van der Waals surface area (Å²) in [6.45, 7) is 0.0339. The minimum atomic E-state index is -3.86. The number of nitrogens with one attached hydrogen (secondary N) is 2. The summed E-state index contributed by atoms with van der Waals surface area (Å²) in [5.41, 5.74) is 0.371. The Morgan fingerprint density at radius 1 is 1.45 bits per heavy atom. The lowest BCUT2D eigenvalue weighted by Crippen LogP contribution is -2.23. The van der Waals surface area contributed by atoms with Gasteiger partial charge < -0.3 is 0 Å². The van der Waals surface area contributed by atoms with Crippen LogP contribution in [0.25, 0.3) is 0 Å². The predicted molar refractivity (Wildman–Crippen MR) is 70.7 cm³/mol. The highest BCUT2D eigenvalue weighted by Gasteiger charge is 2.20. The quantitative estimate of drug-likeness (QED) is 0.639. The molecule has 1 aromatic carbocycles. The summed E-state index contributed by atoms with van der Waals surface area (Å²) < 4.78 is 26.4. The molecule has 0 aliphatic heterocycles. The zero-order valence-corrected chi connectivity index (χ0v) is 11.5. The summed E-state index contributed by atoms with van der Waals surface area (Å²) in [6.07, 6.45) is 3.01. The normalized spacial score (nSPS) is 11.4. The van der Waals surface area contributed by atoms with Crippen molar-refractivity contribution in [2.24, 2.45) is 0 Å². The van der Waals surface area contributed by atoms with Gasteiger partial charge >= 0.3 is 0 Å². The van der Waals surface area contributed by atoms with Crippen molar-refractivity contribution in [1.82, 2.24) is 14.9 Å². The van der Waals surface area contributed by atoms with E-state index in [1.54, 1.807) is 6.20 Å². The van der Waals surface area contributed by atoms with Crippen LogP contribution in [0.1, 0.15) is 5.56 Å². The van der Waals surface area contributed by atoms with Crippen LogP contribution in [0.15, 0.2) is 35.5 Å². The Balaban J connectivity index is 2.23. The maximum atomic E-state index is 12.0. The molecule has 0 radical (unpaired) electrons. The minimum absolute atomic E-state index is 0.0339. The summed E-state index contributed by atoms with van der Waals surface area (Å²) in [7, 11) is -3.86. The molecule has 0 amide bonds. The van der Waals surface area contributed by atoms with E-state index in [0.29, 0.717) is 5.56 Å². The van der Waals surface area contributed by atoms with E-state index in [2.05, 4.69) is 14.9 Å². The number of hydrogen-bond donors (Lipinski definition) is 2. The first-order chi connectivity index (χ1) is 9.40. The van der Waals surface area contributed by atoms with Crippen molar-refractivity contribution in [1.29, 1.82) is 0 Å². The average molecular weight is 317 g/mol. The van der Waals surface area contributed by atoms with Crippen LogP contribution in [0.3, 0.4) is 0 Å². The zero-order chi connectivity index (χ0) is 14.8. The smallest absolute Gasteiger partial charge is 0.271 e. The Morgan fingerprint density at radius 2 is 2.20 bits per heavy atom. The summed E-state index contributed by atoms with van der Waals surface area (Å²) in [5, 5.41) is 16.6. The van der Waals surface area contributed by atoms with Crippen LogP contribution in [0.2, 0.25) is 5.02 Å². The largest absolute Gasteiger partial charge is 0.285 e. The number of aromatic nitrogens is 2. The van der Waals surface area contributed by atoms with Gasteiger partial charge in [-0.15, -0.1) is 0 Å². The van der Waals surface area contributed by atoms with Crippen molar-refractivity contribution in [3.8, 4) is 0 Å². The van der Waals surface area contributed by atoms with Crippen molar-refractivity contribution in [2.75, 3.05) is 0 Å². The molecule has 106 valence electrons. The number of nitro groups is 1. The van der Waals surface area contributed by atoms with Crippen LogP contribution in [0.4, 0.5) is 5.69 Å². The molecule has 10 heteroatoms. The maximum absolute atomic E-state index is 12.0. The molecular formula is C10H9ClN4O4S. The average Bonchev–Trinajstić information content (AvgIpc) is 2.89. The Labute approximate surface area is 119 Å². The van der Waals surface area contributed by atoms with Crippen LogP contribution < -0.4 is 4.72 Å². The highest BCUT2D eigenvalue weighted by atomic mass is 35.5. The molecule has 20 heavy (non-hydrogen) atoms. The van der Waals surface area contributed by atoms with Gasteiger partial charge in [0.25, 0.3) is 5.69 Å². The van der Waals surface area contributed by atoms with E-state index < -0.39 is 14.9 Å². The topological polar surface area (TPSA) is 118 Å². The number of hydrogen-bond acceptors (Lipinski definition) is 5. The number of rotatable bonds is 5. The first kappa shape index (κ1) is 14.4. The lowest BCUT2D eigenvalue weighted by Gasteiger charge is -2.07. The molecule has 0 aliphatic carbocycles. The van der Waals surface area contributed by atoms with E-state index >= 15 is 0 Å². The second kappa shape index (κ2) is 5.57. The van der Waals surface area contributed by atoms with Crippen LogP contribution in [-0.4, -0.2) is 23.5 Å². The fourth-order valence-electron chi connectivity index (χ4n) is 1.45. The van der Waals surface area contributed by atoms with Crippen molar-refractivity contribution < 1.29 is 13.3 Å². The molecule has 1 heterocycles. The molecule has 1 aromatic heterocycles. The van der Waals surface area contributed by atoms with Crippen molar-refractivity contribution >= 4 is 27.3 Å². The number of nitrogens with zero attached hydrogens (tertiary/aromatic N) is 2. The Bertz CT molecular complexity index is 730. The van der Waals surface area contributed by atoms with Gasteiger partial charge in [-0.2, -0.15) is 5.10 Å². The Kier molecular flexibility index (Phi) is 4.02. The standard InChI is InChI=1S/C10H9ClN4O4S/c11-9-3-8(15(16)17)1-2-10(9)20(18,19)14-6-7-4-12-13-5-7/h1-5,14H,6H2,(H,12,13). The van der Waals surface area contributed by atoms with Gasteiger partial charge in [-0.3, -0.25) is 15.2 Å². The molecule has 0 atom stereocenters. The second-order valence-corrected chi connectivity index (χ2v) is 5.95. The molecule has 0 aliphatic rings. The predicted octanol–water partition coefficient (Wildman–Crippen LogP) is 1.45. The summed E-state index contributed by atoms with van der Waals surface area (Å²) in [5.74, 6) is 0. The zero-order valence-electron chi connectivity index (χ0n) is 9.91. The monoisotopic (exact) mass is 316 g/mol. The van der Waals surface area contributed by atoms with Gasteiger partial charge in [0, 0.05) is 30.4 Å². The molecule has 0 bridgehead atoms. The van der Waals surface area contributed by atoms with Gasteiger partial charge in [-0.1, -0.05) is 11.6 Å². The van der Waals surface area contributed by atoms with E-state index in [4.69, 9.17) is 11.6 Å². The number of aromatic amines is 1. The van der Waals surface area contributed by atoms with Crippen molar-refractivity contribution in [3.05, 3.63) is 51.3 Å². The molecule has 0 saturated carbocycles. The summed E-state index contributed by atoms with van der Waals surface area (Å²) >= 11 is 5.78. The Hall–Kier alpha value is -1.97. The fourth-order valence-corrected chi connectivity index (χ4v) is 3.01. The van der Waals surface area contributed by atoms with E-state index in [-0.39, 0.29) is 22.2 Å². The number of sulfonamides is 1. The molecule has 0 unspecified atom stereocenters. The molecule has 0 fully saturated rings. The number of non-ortho nitro benzene ring substituents is 1. The third-order valence-electron chi connectivity index (χ3n) is 2.44. The molecule has 2 N–H and O–H groups in total. The number of benzene rings is 1. The minimum Gasteiger partial charge on any atom is -0.285 e. The lowest BCUT2D eigenvalue weighted by molar-refractivity contribution is -0.384. The van der Waals surface area contributed by atoms with E-state index in [9.17, 15) is 18.5 Å². The fraction of sp³-hybridized carbons (Fsp3) is 0.100. The van der Waals surface area contributed by atoms with Gasteiger partial charge in [0.15, 0.2) is 0 Å². The van der Waals surface area contributed by atoms with E-state index in [1.165, 1.54) is 6.20 Å². The third-order valence-corrected chi connectivity index (χ3v) is 4.32. The number of H-pyrrole nitrogens is 1. The van der Waals surface area contributed by atoms with Crippen LogP contribution >= 0.6 is 11.6 Å². The Morgan fingerprint density at radius 3 is 2.75 bits per heavy atom. The van der Waals surface area contributed by atoms with Gasteiger partial charge in [-0.25, -0.2) is 13.1 Å².